The summed E-state index contributed by atoms with van der Waals surface area (Å²) < 4.78 is 66.0. The molecule has 53 heavy (non-hydrogen) atoms. The molecule has 7 rings (SSSR count). The SMILES string of the molecule is COc1cc(OC)c(S(=O)(=O)N2C(=O)[C@@](NC(=O)N3CC(N4CCC(N(C)C5COC5)CC4)C3)(c3cccnc3OC)c3cc(C#N)ccc32)cc1F. The molecule has 0 unspecified atom stereocenters. The van der Waals surface area contributed by atoms with Crippen LogP contribution in [0.5, 0.6) is 17.4 Å². The lowest BCUT2D eigenvalue weighted by atomic mass is 9.83. The highest BCUT2D eigenvalue weighted by Gasteiger charge is 2.59. The van der Waals surface area contributed by atoms with Gasteiger partial charge in [-0.05, 0) is 50.2 Å². The second-order valence-corrected chi connectivity index (χ2v) is 15.2. The predicted octanol–water partition coefficient (Wildman–Crippen LogP) is 2.29. The first kappa shape index (κ1) is 36.3. The number of ether oxygens (including phenoxy) is 4. The average molecular weight is 750 g/mol. The largest absolute Gasteiger partial charge is 0.495 e. The van der Waals surface area contributed by atoms with Gasteiger partial charge in [-0.2, -0.15) is 9.57 Å². The molecular weight excluding hydrogens is 710 g/mol. The van der Waals surface area contributed by atoms with Crippen LogP contribution in [0.4, 0.5) is 14.9 Å². The number of amides is 3. The number of aromatic nitrogens is 1. The molecule has 4 aliphatic rings. The number of halogens is 1. The van der Waals surface area contributed by atoms with Crippen molar-refractivity contribution < 1.29 is 41.3 Å². The zero-order chi connectivity index (χ0) is 37.7. The molecule has 17 heteroatoms. The molecule has 0 radical (unpaired) electrons. The van der Waals surface area contributed by atoms with E-state index in [-0.39, 0.29) is 45.8 Å². The number of fused-ring (bicyclic) bond motifs is 1. The number of nitrogens with zero attached hydrogens (tertiary/aromatic N) is 6. The van der Waals surface area contributed by atoms with Crippen LogP contribution in [0.3, 0.4) is 0 Å². The van der Waals surface area contributed by atoms with Crippen molar-refractivity contribution in [2.75, 3.05) is 72.1 Å². The van der Waals surface area contributed by atoms with E-state index in [1.54, 1.807) is 4.90 Å². The molecule has 3 aromatic rings. The van der Waals surface area contributed by atoms with Gasteiger partial charge in [-0.15, -0.1) is 0 Å². The number of pyridine rings is 1. The number of rotatable bonds is 10. The standard InChI is InChI=1S/C36H40FN7O8S/c1-41(25-20-52-21-25)23-9-12-42(13-10-23)24-18-43(19-24)35(46)40-36(26-6-5-11-39-33(26)51-4)27-14-22(17-38)7-8-29(27)44(34(36)45)53(47,48)32-15-28(37)30(49-2)16-31(32)50-3/h5-8,11,14-16,23-25H,9-10,12-13,18-21H2,1-4H3,(H,40,46)/t36-/m1/s1. The summed E-state index contributed by atoms with van der Waals surface area (Å²) in [4.78, 5) is 39.3. The molecule has 3 fully saturated rings. The summed E-state index contributed by atoms with van der Waals surface area (Å²) in [5.74, 6) is -2.76. The summed E-state index contributed by atoms with van der Waals surface area (Å²) in [6.45, 7) is 4.05. The van der Waals surface area contributed by atoms with Crippen LogP contribution in [0.15, 0.2) is 53.6 Å². The number of likely N-dealkylation sites (tertiary alicyclic amines) is 2. The highest BCUT2D eigenvalue weighted by atomic mass is 32.2. The number of benzene rings is 2. The van der Waals surface area contributed by atoms with Gasteiger partial charge in [0.15, 0.2) is 17.1 Å². The van der Waals surface area contributed by atoms with E-state index < -0.39 is 38.2 Å². The van der Waals surface area contributed by atoms with Crippen LogP contribution in [-0.2, 0) is 25.1 Å². The van der Waals surface area contributed by atoms with Crippen molar-refractivity contribution in [3.05, 3.63) is 71.2 Å². The molecule has 280 valence electrons. The fraction of sp³-hybridized carbons (Fsp3) is 0.444. The van der Waals surface area contributed by atoms with Gasteiger partial charge in [0.2, 0.25) is 5.88 Å². The monoisotopic (exact) mass is 749 g/mol. The van der Waals surface area contributed by atoms with Crippen molar-refractivity contribution in [2.45, 2.75) is 41.4 Å². The molecule has 1 aromatic heterocycles. The van der Waals surface area contributed by atoms with Crippen LogP contribution < -0.4 is 23.8 Å². The van der Waals surface area contributed by atoms with Gasteiger partial charge in [0.05, 0.1) is 63.5 Å². The number of hydrogen-bond donors (Lipinski definition) is 1. The molecule has 15 nitrogen and oxygen atoms in total. The number of methoxy groups -OCH3 is 3. The third-order valence-electron chi connectivity index (χ3n) is 10.8. The Morgan fingerprint density at radius 3 is 2.38 bits per heavy atom. The number of sulfonamides is 1. The number of hydrogen-bond acceptors (Lipinski definition) is 12. The number of piperidine rings is 1. The van der Waals surface area contributed by atoms with Gasteiger partial charge < -0.3 is 29.2 Å². The Kier molecular flexibility index (Phi) is 9.66. The first-order chi connectivity index (χ1) is 25.5. The maximum atomic E-state index is 15.1. The number of nitriles is 1. The van der Waals surface area contributed by atoms with Gasteiger partial charge in [0.25, 0.3) is 15.9 Å². The third kappa shape index (κ3) is 5.99. The molecule has 0 spiro atoms. The fourth-order valence-electron chi connectivity index (χ4n) is 7.62. The van der Waals surface area contributed by atoms with Gasteiger partial charge in [-0.3, -0.25) is 14.6 Å². The summed E-state index contributed by atoms with van der Waals surface area (Å²) in [5.41, 5.74) is -2.31. The minimum atomic E-state index is -4.96. The molecule has 1 N–H and O–H groups in total. The predicted molar refractivity (Wildman–Crippen MR) is 188 cm³/mol. The Balaban J connectivity index is 1.23. The number of likely N-dealkylation sites (N-methyl/N-ethyl adjacent to an activating group) is 1. The Morgan fingerprint density at radius 1 is 1.04 bits per heavy atom. The second-order valence-electron chi connectivity index (χ2n) is 13.5. The number of carbonyl (C=O) groups excluding carboxylic acids is 2. The second kappa shape index (κ2) is 14.1. The summed E-state index contributed by atoms with van der Waals surface area (Å²) >= 11 is 0. The van der Waals surface area contributed by atoms with Crippen molar-refractivity contribution in [1.82, 2.24) is 25.0 Å². The number of carbonyl (C=O) groups is 2. The van der Waals surface area contributed by atoms with E-state index in [4.69, 9.17) is 18.9 Å². The van der Waals surface area contributed by atoms with Crippen molar-refractivity contribution in [1.29, 1.82) is 5.26 Å². The van der Waals surface area contributed by atoms with E-state index in [2.05, 4.69) is 27.1 Å². The van der Waals surface area contributed by atoms with E-state index in [0.717, 1.165) is 45.2 Å². The molecule has 0 aliphatic carbocycles. The van der Waals surface area contributed by atoms with Crippen LogP contribution in [-0.4, -0.2) is 126 Å². The molecule has 3 saturated heterocycles. The number of anilines is 1. The highest BCUT2D eigenvalue weighted by molar-refractivity contribution is 7.93. The van der Waals surface area contributed by atoms with Gasteiger partial charge in [-0.1, -0.05) is 0 Å². The molecule has 4 aliphatic heterocycles. The van der Waals surface area contributed by atoms with Gasteiger partial charge in [0, 0.05) is 62.2 Å². The minimum Gasteiger partial charge on any atom is -0.495 e. The summed E-state index contributed by atoms with van der Waals surface area (Å²) in [6, 6.07) is 11.2. The lowest BCUT2D eigenvalue weighted by Crippen LogP contribution is -2.67. The van der Waals surface area contributed by atoms with Crippen LogP contribution in [0.2, 0.25) is 0 Å². The Labute approximate surface area is 306 Å². The normalized spacial score (nSPS) is 21.1. The zero-order valence-electron chi connectivity index (χ0n) is 29.7. The van der Waals surface area contributed by atoms with Crippen LogP contribution in [0.25, 0.3) is 0 Å². The van der Waals surface area contributed by atoms with Crippen LogP contribution in [0, 0.1) is 17.1 Å². The zero-order valence-corrected chi connectivity index (χ0v) is 30.6. The quantitative estimate of drug-likeness (QED) is 0.322. The molecule has 5 heterocycles. The lowest BCUT2D eigenvalue weighted by molar-refractivity contribution is -0.121. The Bertz CT molecular complexity index is 2080. The van der Waals surface area contributed by atoms with Gasteiger partial charge >= 0.3 is 6.03 Å². The van der Waals surface area contributed by atoms with E-state index >= 15 is 9.18 Å². The molecule has 0 bridgehead atoms. The van der Waals surface area contributed by atoms with Crippen LogP contribution in [0.1, 0.15) is 29.5 Å². The smallest absolute Gasteiger partial charge is 0.318 e. The summed E-state index contributed by atoms with van der Waals surface area (Å²) in [5, 5.41) is 12.8. The average Bonchev–Trinajstić information content (AvgIpc) is 3.37. The summed E-state index contributed by atoms with van der Waals surface area (Å²) in [6.07, 6.45) is 3.42. The lowest BCUT2D eigenvalue weighted by Gasteiger charge is -2.50. The van der Waals surface area contributed by atoms with Crippen molar-refractivity contribution >= 4 is 27.6 Å². The topological polar surface area (TPSA) is 167 Å². The van der Waals surface area contributed by atoms with Crippen molar-refractivity contribution in [2.24, 2.45) is 0 Å². The van der Waals surface area contributed by atoms with E-state index in [1.165, 1.54) is 57.9 Å². The maximum absolute atomic E-state index is 15.1. The molecule has 0 saturated carbocycles. The maximum Gasteiger partial charge on any atom is 0.318 e. The van der Waals surface area contributed by atoms with Gasteiger partial charge in [-0.25, -0.2) is 22.6 Å². The molecular formula is C36H40FN7O8S. The van der Waals surface area contributed by atoms with Crippen molar-refractivity contribution in [3.63, 3.8) is 0 Å². The Morgan fingerprint density at radius 2 is 1.75 bits per heavy atom. The van der Waals surface area contributed by atoms with Crippen molar-refractivity contribution in [3.8, 4) is 23.4 Å². The number of urea groups is 1. The first-order valence-electron chi connectivity index (χ1n) is 17.1. The summed E-state index contributed by atoms with van der Waals surface area (Å²) in [7, 11) is 0.928. The Hall–Kier alpha value is -5.02. The molecule has 1 atom stereocenters. The van der Waals surface area contributed by atoms with E-state index in [9.17, 15) is 18.5 Å². The molecule has 3 amide bonds. The minimum absolute atomic E-state index is 0.0159. The van der Waals surface area contributed by atoms with E-state index in [1.807, 2.05) is 6.07 Å². The number of nitrogens with one attached hydrogen (secondary N) is 1. The van der Waals surface area contributed by atoms with Gasteiger partial charge in [0.1, 0.15) is 10.6 Å². The molecule has 2 aromatic carbocycles. The third-order valence-corrected chi connectivity index (χ3v) is 12.5. The van der Waals surface area contributed by atoms with Crippen LogP contribution >= 0.6 is 0 Å². The fourth-order valence-corrected chi connectivity index (χ4v) is 9.24. The first-order valence-corrected chi connectivity index (χ1v) is 18.6. The van der Waals surface area contributed by atoms with E-state index in [0.29, 0.717) is 35.5 Å². The highest BCUT2D eigenvalue weighted by Crippen LogP contribution is 2.50.